The van der Waals surface area contributed by atoms with Crippen molar-refractivity contribution < 1.29 is 25.8 Å². The Balaban J connectivity index is 2.88. The molecule has 0 heterocycles. The third-order valence-corrected chi connectivity index (χ3v) is 2.66. The highest BCUT2D eigenvalue weighted by Crippen LogP contribution is 2.30. The Bertz CT molecular complexity index is 477. The largest absolute Gasteiger partial charge is 0.416 e. The summed E-state index contributed by atoms with van der Waals surface area (Å²) in [6.07, 6.45) is -4.33. The topological polar surface area (TPSA) is 43.4 Å². The first-order chi connectivity index (χ1) is 7.59. The van der Waals surface area contributed by atoms with Crippen LogP contribution in [0, 0.1) is 0 Å². The van der Waals surface area contributed by atoms with E-state index in [9.17, 15) is 21.6 Å². The maximum absolute atomic E-state index is 12.3. The molecule has 1 aromatic rings. The van der Waals surface area contributed by atoms with E-state index in [1.807, 2.05) is 0 Å². The molecular weight excluding hydrogens is 257 g/mol. The van der Waals surface area contributed by atoms with Crippen molar-refractivity contribution in [1.82, 2.24) is 0 Å². The van der Waals surface area contributed by atoms with Crippen LogP contribution in [0.5, 0.6) is 0 Å². The fourth-order valence-electron chi connectivity index (χ4n) is 1.26. The third kappa shape index (κ3) is 4.35. The molecule has 0 N–H and O–H groups in total. The summed E-state index contributed by atoms with van der Waals surface area (Å²) in [4.78, 5) is 0. The smallest absolute Gasteiger partial charge is 0.262 e. The molecule has 0 unspecified atom stereocenters. The van der Waals surface area contributed by atoms with Gasteiger partial charge in [-0.15, -0.1) is 0 Å². The Morgan fingerprint density at radius 1 is 1.18 bits per heavy atom. The summed E-state index contributed by atoms with van der Waals surface area (Å²) < 4.78 is 63.1. The van der Waals surface area contributed by atoms with Gasteiger partial charge in [0.1, 0.15) is 0 Å². The molecule has 0 fully saturated rings. The molecule has 96 valence electrons. The Kier molecular flexibility index (Phi) is 3.83. The van der Waals surface area contributed by atoms with Crippen LogP contribution in [-0.2, 0) is 20.5 Å². The molecule has 0 amide bonds. The summed E-state index contributed by atoms with van der Waals surface area (Å²) in [5.74, 6) is 0. The average Bonchev–Trinajstić information content (AvgIpc) is 2.14. The first-order valence-electron chi connectivity index (χ1n) is 4.65. The van der Waals surface area contributed by atoms with Crippen LogP contribution in [-0.4, -0.2) is 14.7 Å². The van der Waals surface area contributed by atoms with E-state index in [4.69, 9.17) is 0 Å². The first-order valence-corrected chi connectivity index (χ1v) is 6.46. The molecule has 1 atom stereocenters. The summed E-state index contributed by atoms with van der Waals surface area (Å²) in [6.45, 7) is 1.45. The van der Waals surface area contributed by atoms with Crippen LogP contribution in [0.25, 0.3) is 0 Å². The highest BCUT2D eigenvalue weighted by Gasteiger charge is 2.30. The molecule has 0 aromatic heterocycles. The summed E-state index contributed by atoms with van der Waals surface area (Å²) in [5, 5.41) is 0. The molecule has 17 heavy (non-hydrogen) atoms. The van der Waals surface area contributed by atoms with E-state index >= 15 is 0 Å². The predicted octanol–water partition coefficient (Wildman–Crippen LogP) is 2.74. The number of rotatable bonds is 3. The fourth-order valence-corrected chi connectivity index (χ4v) is 1.90. The standard InChI is InChI=1S/C10H11F3O3S/c1-7(16-17(2,14)15)8-3-5-9(6-4-8)10(11,12)13/h3-7H,1-2H3/t7-/m0/s1. The van der Waals surface area contributed by atoms with Crippen molar-refractivity contribution in [2.24, 2.45) is 0 Å². The lowest BCUT2D eigenvalue weighted by molar-refractivity contribution is -0.137. The van der Waals surface area contributed by atoms with E-state index in [1.165, 1.54) is 19.1 Å². The number of hydrogen-bond donors (Lipinski definition) is 0. The fraction of sp³-hybridized carbons (Fsp3) is 0.400. The van der Waals surface area contributed by atoms with Gasteiger partial charge in [-0.2, -0.15) is 21.6 Å². The van der Waals surface area contributed by atoms with Gasteiger partial charge in [0.25, 0.3) is 10.1 Å². The zero-order valence-electron chi connectivity index (χ0n) is 9.15. The SMILES string of the molecule is C[C@H](OS(C)(=O)=O)c1ccc(C(F)(F)F)cc1. The van der Waals surface area contributed by atoms with Gasteiger partial charge in [0.15, 0.2) is 0 Å². The van der Waals surface area contributed by atoms with E-state index in [-0.39, 0.29) is 0 Å². The number of benzene rings is 1. The highest BCUT2D eigenvalue weighted by atomic mass is 32.2. The molecule has 0 bridgehead atoms. The molecule has 0 aliphatic heterocycles. The summed E-state index contributed by atoms with van der Waals surface area (Å²) in [6, 6.07) is 4.16. The van der Waals surface area contributed by atoms with E-state index in [0.717, 1.165) is 18.4 Å². The van der Waals surface area contributed by atoms with Crippen molar-refractivity contribution in [2.45, 2.75) is 19.2 Å². The molecule has 1 rings (SSSR count). The minimum absolute atomic E-state index is 0.364. The van der Waals surface area contributed by atoms with Crippen LogP contribution in [0.15, 0.2) is 24.3 Å². The van der Waals surface area contributed by atoms with Crippen molar-refractivity contribution >= 4 is 10.1 Å². The lowest BCUT2D eigenvalue weighted by atomic mass is 10.1. The third-order valence-electron chi connectivity index (χ3n) is 2.03. The number of hydrogen-bond acceptors (Lipinski definition) is 3. The summed E-state index contributed by atoms with van der Waals surface area (Å²) >= 11 is 0. The number of alkyl halides is 3. The van der Waals surface area contributed by atoms with Gasteiger partial charge in [-0.1, -0.05) is 12.1 Å². The van der Waals surface area contributed by atoms with Crippen molar-refractivity contribution in [3.63, 3.8) is 0 Å². The molecule has 0 radical (unpaired) electrons. The van der Waals surface area contributed by atoms with Crippen LogP contribution >= 0.6 is 0 Å². The van der Waals surface area contributed by atoms with E-state index in [0.29, 0.717) is 5.56 Å². The van der Waals surface area contributed by atoms with E-state index in [2.05, 4.69) is 4.18 Å². The molecule has 3 nitrogen and oxygen atoms in total. The molecule has 1 aromatic carbocycles. The van der Waals surface area contributed by atoms with Crippen LogP contribution in [0.4, 0.5) is 13.2 Å². The zero-order valence-corrected chi connectivity index (χ0v) is 9.97. The van der Waals surface area contributed by atoms with Crippen molar-refractivity contribution in [3.05, 3.63) is 35.4 Å². The second-order valence-corrected chi connectivity index (χ2v) is 5.16. The Hall–Kier alpha value is -1.08. The van der Waals surface area contributed by atoms with Crippen molar-refractivity contribution in [2.75, 3.05) is 6.26 Å². The maximum atomic E-state index is 12.3. The van der Waals surface area contributed by atoms with Gasteiger partial charge in [-0.3, -0.25) is 4.18 Å². The van der Waals surface area contributed by atoms with Crippen LogP contribution in [0.1, 0.15) is 24.2 Å². The van der Waals surface area contributed by atoms with Gasteiger partial charge < -0.3 is 0 Å². The highest BCUT2D eigenvalue weighted by molar-refractivity contribution is 7.86. The van der Waals surface area contributed by atoms with Crippen molar-refractivity contribution in [3.8, 4) is 0 Å². The normalized spacial score (nSPS) is 14.6. The van der Waals surface area contributed by atoms with Gasteiger partial charge in [0, 0.05) is 0 Å². The molecule has 0 saturated heterocycles. The van der Waals surface area contributed by atoms with Crippen LogP contribution in [0.3, 0.4) is 0 Å². The van der Waals surface area contributed by atoms with Gasteiger partial charge in [-0.25, -0.2) is 0 Å². The lowest BCUT2D eigenvalue weighted by Gasteiger charge is -2.12. The van der Waals surface area contributed by atoms with Crippen LogP contribution in [0.2, 0.25) is 0 Å². The predicted molar refractivity (Wildman–Crippen MR) is 55.8 cm³/mol. The van der Waals surface area contributed by atoms with Gasteiger partial charge >= 0.3 is 6.18 Å². The molecular formula is C10H11F3O3S. The Morgan fingerprint density at radius 2 is 1.65 bits per heavy atom. The minimum Gasteiger partial charge on any atom is -0.262 e. The van der Waals surface area contributed by atoms with Crippen molar-refractivity contribution in [1.29, 1.82) is 0 Å². The second kappa shape index (κ2) is 4.66. The minimum atomic E-state index is -4.40. The summed E-state index contributed by atoms with van der Waals surface area (Å²) in [5.41, 5.74) is -0.420. The van der Waals surface area contributed by atoms with Crippen LogP contribution < -0.4 is 0 Å². The Labute approximate surface area is 97.3 Å². The second-order valence-electron chi connectivity index (χ2n) is 3.56. The Morgan fingerprint density at radius 3 is 2.00 bits per heavy atom. The molecule has 0 saturated carbocycles. The quantitative estimate of drug-likeness (QED) is 0.792. The zero-order chi connectivity index (χ0) is 13.3. The summed E-state index contributed by atoms with van der Waals surface area (Å²) in [7, 11) is -3.63. The van der Waals surface area contributed by atoms with Gasteiger partial charge in [0.2, 0.25) is 0 Å². The first kappa shape index (κ1) is 14.0. The monoisotopic (exact) mass is 268 g/mol. The molecule has 0 spiro atoms. The van der Waals surface area contributed by atoms with Gasteiger partial charge in [0.05, 0.1) is 17.9 Å². The average molecular weight is 268 g/mol. The lowest BCUT2D eigenvalue weighted by Crippen LogP contribution is -2.09. The maximum Gasteiger partial charge on any atom is 0.416 e. The molecule has 0 aliphatic carbocycles. The molecule has 0 aliphatic rings. The van der Waals surface area contributed by atoms with Gasteiger partial charge in [-0.05, 0) is 24.6 Å². The molecule has 7 heteroatoms. The number of halogens is 3. The van der Waals surface area contributed by atoms with E-state index in [1.54, 1.807) is 0 Å². The van der Waals surface area contributed by atoms with E-state index < -0.39 is 28.0 Å².